The molecule has 21 heavy (non-hydrogen) atoms. The molecule has 0 spiro atoms. The van der Waals surface area contributed by atoms with Crippen LogP contribution >= 0.6 is 0 Å². The summed E-state index contributed by atoms with van der Waals surface area (Å²) in [4.78, 5) is 0.808. The van der Waals surface area contributed by atoms with Crippen LogP contribution in [0.15, 0.2) is 6.20 Å². The first-order valence-electron chi connectivity index (χ1n) is 6.02. The van der Waals surface area contributed by atoms with Crippen molar-refractivity contribution in [2.24, 2.45) is 7.05 Å². The van der Waals surface area contributed by atoms with Crippen molar-refractivity contribution in [1.29, 1.82) is 0 Å². The summed E-state index contributed by atoms with van der Waals surface area (Å²) in [5.41, 5.74) is -1.40. The number of aliphatic hydroxyl groups excluding tert-OH is 1. The number of aryl methyl sites for hydroxylation is 1. The van der Waals surface area contributed by atoms with Crippen molar-refractivity contribution in [1.82, 2.24) is 14.7 Å². The van der Waals surface area contributed by atoms with Crippen LogP contribution in [0, 0.1) is 0 Å². The maximum atomic E-state index is 12.8. The molecule has 1 rings (SSSR count). The van der Waals surface area contributed by atoms with Gasteiger partial charge in [0, 0.05) is 32.3 Å². The lowest BCUT2D eigenvalue weighted by Gasteiger charge is -2.23. The molecule has 0 atom stereocenters. The molecule has 1 aromatic heterocycles. The minimum atomic E-state index is -4.69. The van der Waals surface area contributed by atoms with Gasteiger partial charge in [-0.25, -0.2) is 0 Å². The topological polar surface area (TPSA) is 41.3 Å². The van der Waals surface area contributed by atoms with Crippen molar-refractivity contribution in [2.45, 2.75) is 25.3 Å². The fourth-order valence-corrected chi connectivity index (χ4v) is 1.97. The Kier molecular flexibility index (Phi) is 5.62. The molecule has 1 aromatic rings. The maximum Gasteiger partial charge on any atom is 0.433 e. The van der Waals surface area contributed by atoms with E-state index >= 15 is 0 Å². The van der Waals surface area contributed by atoms with Gasteiger partial charge in [-0.15, -0.1) is 0 Å². The van der Waals surface area contributed by atoms with Crippen LogP contribution in [0.3, 0.4) is 0 Å². The Balaban J connectivity index is 2.93. The molecule has 0 aliphatic heterocycles. The number of halogens is 6. The van der Waals surface area contributed by atoms with Gasteiger partial charge in [-0.05, 0) is 6.42 Å². The molecule has 0 unspecified atom stereocenters. The van der Waals surface area contributed by atoms with E-state index < -0.39 is 31.1 Å². The molecular formula is C11H15F6N3O. The predicted octanol–water partition coefficient (Wildman–Crippen LogP) is 2.19. The average Bonchev–Trinajstić information content (AvgIpc) is 2.65. The van der Waals surface area contributed by atoms with E-state index in [0.29, 0.717) is 4.68 Å². The van der Waals surface area contributed by atoms with E-state index in [2.05, 4.69) is 5.10 Å². The van der Waals surface area contributed by atoms with Gasteiger partial charge in [0.15, 0.2) is 0 Å². The second-order valence-corrected chi connectivity index (χ2v) is 4.54. The summed E-state index contributed by atoms with van der Waals surface area (Å²) in [7, 11) is 1.08. The summed E-state index contributed by atoms with van der Waals surface area (Å²) in [5.74, 6) is 0. The fourth-order valence-electron chi connectivity index (χ4n) is 1.97. The molecule has 1 N–H and O–H groups in total. The van der Waals surface area contributed by atoms with E-state index in [4.69, 9.17) is 5.11 Å². The normalized spacial score (nSPS) is 13.2. The lowest BCUT2D eigenvalue weighted by atomic mass is 10.2. The average molecular weight is 319 g/mol. The molecule has 0 aliphatic carbocycles. The van der Waals surface area contributed by atoms with E-state index in [1.807, 2.05) is 0 Å². The molecule has 122 valence electrons. The van der Waals surface area contributed by atoms with Gasteiger partial charge in [0.25, 0.3) is 0 Å². The summed E-state index contributed by atoms with van der Waals surface area (Å²) in [6.45, 7) is -2.39. The maximum absolute atomic E-state index is 12.8. The SMILES string of the molecule is Cn1ncc(CN(CCCO)CC(F)(F)F)c1C(F)(F)F. The van der Waals surface area contributed by atoms with E-state index in [-0.39, 0.29) is 25.1 Å². The highest BCUT2D eigenvalue weighted by Crippen LogP contribution is 2.32. The van der Waals surface area contributed by atoms with Crippen molar-refractivity contribution in [3.8, 4) is 0 Å². The number of hydrogen-bond donors (Lipinski definition) is 1. The standard InChI is InChI=1S/C11H15F6N3O/c1-19-9(11(15,16)17)8(5-18-19)6-20(3-2-4-21)7-10(12,13)14/h5,21H,2-4,6-7H2,1H3. The van der Waals surface area contributed by atoms with Gasteiger partial charge < -0.3 is 5.11 Å². The second-order valence-electron chi connectivity index (χ2n) is 4.54. The van der Waals surface area contributed by atoms with Gasteiger partial charge in [0.2, 0.25) is 0 Å². The third kappa shape index (κ3) is 5.54. The zero-order chi connectivity index (χ0) is 16.3. The molecule has 0 aliphatic rings. The van der Waals surface area contributed by atoms with Crippen LogP contribution in [0.5, 0.6) is 0 Å². The van der Waals surface area contributed by atoms with Crippen molar-refractivity contribution < 1.29 is 31.4 Å². The zero-order valence-electron chi connectivity index (χ0n) is 11.2. The largest absolute Gasteiger partial charge is 0.433 e. The lowest BCUT2D eigenvalue weighted by Crippen LogP contribution is -2.35. The number of nitrogens with zero attached hydrogens (tertiary/aromatic N) is 3. The molecule has 0 radical (unpaired) electrons. The summed E-state index contributed by atoms with van der Waals surface area (Å²) in [6, 6.07) is 0. The highest BCUT2D eigenvalue weighted by molar-refractivity contribution is 5.20. The van der Waals surface area contributed by atoms with Crippen LogP contribution in [-0.2, 0) is 19.8 Å². The number of aliphatic hydroxyl groups is 1. The lowest BCUT2D eigenvalue weighted by molar-refractivity contribution is -0.149. The minimum Gasteiger partial charge on any atom is -0.396 e. The quantitative estimate of drug-likeness (QED) is 0.817. The molecular weight excluding hydrogens is 304 g/mol. The fraction of sp³-hybridized carbons (Fsp3) is 0.727. The van der Waals surface area contributed by atoms with Crippen LogP contribution in [0.1, 0.15) is 17.7 Å². The Morgan fingerprint density at radius 1 is 1.24 bits per heavy atom. The van der Waals surface area contributed by atoms with Gasteiger partial charge in [-0.2, -0.15) is 31.4 Å². The van der Waals surface area contributed by atoms with Gasteiger partial charge >= 0.3 is 12.4 Å². The van der Waals surface area contributed by atoms with Crippen LogP contribution in [-0.4, -0.2) is 45.7 Å². The molecule has 0 saturated carbocycles. The Morgan fingerprint density at radius 2 is 1.86 bits per heavy atom. The Hall–Kier alpha value is -1.29. The molecule has 0 saturated heterocycles. The number of hydrogen-bond acceptors (Lipinski definition) is 3. The molecule has 10 heteroatoms. The van der Waals surface area contributed by atoms with E-state index in [0.717, 1.165) is 18.1 Å². The van der Waals surface area contributed by atoms with Crippen LogP contribution < -0.4 is 0 Å². The zero-order valence-corrected chi connectivity index (χ0v) is 11.2. The number of aromatic nitrogens is 2. The molecule has 0 bridgehead atoms. The van der Waals surface area contributed by atoms with Gasteiger partial charge in [-0.1, -0.05) is 0 Å². The molecule has 0 amide bonds. The van der Waals surface area contributed by atoms with Crippen molar-refractivity contribution >= 4 is 0 Å². The van der Waals surface area contributed by atoms with Crippen LogP contribution in [0.25, 0.3) is 0 Å². The molecule has 0 aromatic carbocycles. The van der Waals surface area contributed by atoms with Gasteiger partial charge in [-0.3, -0.25) is 9.58 Å². The van der Waals surface area contributed by atoms with Gasteiger partial charge in [0.05, 0.1) is 12.7 Å². The number of alkyl halides is 6. The summed E-state index contributed by atoms with van der Waals surface area (Å²) in [6.07, 6.45) is -8.28. The van der Waals surface area contributed by atoms with E-state index in [9.17, 15) is 26.3 Å². The first-order valence-corrected chi connectivity index (χ1v) is 6.02. The van der Waals surface area contributed by atoms with Crippen LogP contribution in [0.4, 0.5) is 26.3 Å². The van der Waals surface area contributed by atoms with Crippen LogP contribution in [0.2, 0.25) is 0 Å². The van der Waals surface area contributed by atoms with Crippen molar-refractivity contribution in [3.63, 3.8) is 0 Å². The minimum absolute atomic E-state index is 0.0394. The monoisotopic (exact) mass is 319 g/mol. The van der Waals surface area contributed by atoms with E-state index in [1.54, 1.807) is 0 Å². The summed E-state index contributed by atoms with van der Waals surface area (Å²) >= 11 is 0. The third-order valence-corrected chi connectivity index (χ3v) is 2.71. The first-order chi connectivity index (χ1) is 9.54. The van der Waals surface area contributed by atoms with Gasteiger partial charge in [0.1, 0.15) is 5.69 Å². The van der Waals surface area contributed by atoms with Crippen molar-refractivity contribution in [3.05, 3.63) is 17.5 Å². The number of rotatable bonds is 6. The molecule has 1 heterocycles. The smallest absolute Gasteiger partial charge is 0.396 e. The molecule has 0 fully saturated rings. The summed E-state index contributed by atoms with van der Waals surface area (Å²) in [5, 5.41) is 12.1. The molecule has 4 nitrogen and oxygen atoms in total. The highest BCUT2D eigenvalue weighted by Gasteiger charge is 2.38. The Labute approximate surface area is 117 Å². The predicted molar refractivity (Wildman–Crippen MR) is 61.2 cm³/mol. The van der Waals surface area contributed by atoms with E-state index in [1.165, 1.54) is 0 Å². The first kappa shape index (κ1) is 17.8. The second kappa shape index (κ2) is 6.65. The Bertz CT molecular complexity index is 454. The Morgan fingerprint density at radius 3 is 2.33 bits per heavy atom. The third-order valence-electron chi connectivity index (χ3n) is 2.71. The highest BCUT2D eigenvalue weighted by atomic mass is 19.4. The summed E-state index contributed by atoms with van der Waals surface area (Å²) < 4.78 is 76.4. The van der Waals surface area contributed by atoms with Crippen molar-refractivity contribution in [2.75, 3.05) is 19.7 Å².